The van der Waals surface area contributed by atoms with E-state index in [1.807, 2.05) is 12.1 Å². The Balaban J connectivity index is 2.64. The van der Waals surface area contributed by atoms with Crippen molar-refractivity contribution in [1.82, 2.24) is 4.57 Å². The van der Waals surface area contributed by atoms with Gasteiger partial charge >= 0.3 is 0 Å². The van der Waals surface area contributed by atoms with E-state index in [9.17, 15) is 0 Å². The normalized spacial score (nSPS) is 10.7. The minimum atomic E-state index is 0.659. The Morgan fingerprint density at radius 2 is 1.53 bits per heavy atom. The third-order valence-corrected chi connectivity index (χ3v) is 2.96. The number of hydrogen-bond donors (Lipinski definition) is 0. The van der Waals surface area contributed by atoms with Crippen molar-refractivity contribution in [1.29, 1.82) is 0 Å². The highest BCUT2D eigenvalue weighted by molar-refractivity contribution is 6.35. The van der Waals surface area contributed by atoms with Crippen LogP contribution in [0.15, 0.2) is 30.3 Å². The molecular weight excluding hydrogens is 229 g/mol. The number of rotatable bonds is 1. The number of aromatic nitrogens is 1. The number of halogens is 2. The summed E-state index contributed by atoms with van der Waals surface area (Å²) in [6, 6.07) is 9.68. The number of benzene rings is 1. The minimum absolute atomic E-state index is 0.659. The van der Waals surface area contributed by atoms with Crippen LogP contribution in [0.3, 0.4) is 0 Å². The number of hydrogen-bond acceptors (Lipinski definition) is 0. The van der Waals surface area contributed by atoms with Gasteiger partial charge in [0.15, 0.2) is 0 Å². The maximum absolute atomic E-state index is 6.16. The Bertz CT molecular complexity index is 481. The lowest BCUT2D eigenvalue weighted by atomic mass is 10.3. The summed E-state index contributed by atoms with van der Waals surface area (Å²) in [6.45, 7) is 4.11. The predicted octanol–water partition coefficient (Wildman–Crippen LogP) is 4.40. The molecule has 0 radical (unpaired) electrons. The first kappa shape index (κ1) is 10.6. The molecule has 15 heavy (non-hydrogen) atoms. The van der Waals surface area contributed by atoms with Gasteiger partial charge in [0.25, 0.3) is 0 Å². The van der Waals surface area contributed by atoms with Crippen LogP contribution in [0.1, 0.15) is 11.4 Å². The molecule has 1 nitrogen and oxygen atoms in total. The average Bonchev–Trinajstić information content (AvgIpc) is 2.48. The Labute approximate surface area is 99.2 Å². The van der Waals surface area contributed by atoms with Crippen LogP contribution in [0.2, 0.25) is 10.0 Å². The van der Waals surface area contributed by atoms with Crippen molar-refractivity contribution >= 4 is 23.2 Å². The first-order valence-electron chi connectivity index (χ1n) is 4.70. The summed E-state index contributed by atoms with van der Waals surface area (Å²) in [5.74, 6) is 0. The molecule has 0 aliphatic rings. The first-order chi connectivity index (χ1) is 7.09. The molecule has 0 atom stereocenters. The Hall–Kier alpha value is -0.920. The summed E-state index contributed by atoms with van der Waals surface area (Å²) < 4.78 is 2.11. The van der Waals surface area contributed by atoms with E-state index < -0.39 is 0 Å². The molecule has 0 aliphatic heterocycles. The van der Waals surface area contributed by atoms with Crippen LogP contribution in [0.4, 0.5) is 0 Å². The highest BCUT2D eigenvalue weighted by atomic mass is 35.5. The number of aryl methyl sites for hydroxylation is 2. The van der Waals surface area contributed by atoms with Gasteiger partial charge in [-0.05, 0) is 44.2 Å². The summed E-state index contributed by atoms with van der Waals surface area (Å²) in [6.07, 6.45) is 0. The van der Waals surface area contributed by atoms with Gasteiger partial charge in [-0.15, -0.1) is 0 Å². The van der Waals surface area contributed by atoms with Gasteiger partial charge in [-0.1, -0.05) is 23.2 Å². The second-order valence-corrected chi connectivity index (χ2v) is 4.39. The molecule has 1 heterocycles. The van der Waals surface area contributed by atoms with Crippen molar-refractivity contribution in [3.05, 3.63) is 51.8 Å². The Kier molecular flexibility index (Phi) is 2.76. The zero-order chi connectivity index (χ0) is 11.0. The van der Waals surface area contributed by atoms with Crippen molar-refractivity contribution in [2.75, 3.05) is 0 Å². The largest absolute Gasteiger partial charge is 0.317 e. The maximum Gasteiger partial charge on any atom is 0.0661 e. The molecule has 0 N–H and O–H groups in total. The fourth-order valence-electron chi connectivity index (χ4n) is 1.71. The van der Waals surface area contributed by atoms with Gasteiger partial charge in [0.1, 0.15) is 0 Å². The van der Waals surface area contributed by atoms with Gasteiger partial charge in [-0.2, -0.15) is 0 Å². The van der Waals surface area contributed by atoms with Crippen LogP contribution in [0, 0.1) is 13.8 Å². The molecular formula is C12H11Cl2N. The third-order valence-electron chi connectivity index (χ3n) is 2.42. The zero-order valence-electron chi connectivity index (χ0n) is 8.59. The van der Waals surface area contributed by atoms with Gasteiger partial charge in [0.2, 0.25) is 0 Å². The summed E-state index contributed by atoms with van der Waals surface area (Å²) in [5, 5.41) is 1.33. The lowest BCUT2D eigenvalue weighted by molar-refractivity contribution is 0.966. The SMILES string of the molecule is Cc1ccc(C)n1-c1ccc(Cl)cc1Cl. The lowest BCUT2D eigenvalue weighted by Crippen LogP contribution is -1.99. The van der Waals surface area contributed by atoms with Gasteiger partial charge < -0.3 is 4.57 Å². The van der Waals surface area contributed by atoms with Gasteiger partial charge in [0.05, 0.1) is 10.7 Å². The summed E-state index contributed by atoms with van der Waals surface area (Å²) in [5.41, 5.74) is 3.30. The molecule has 0 saturated carbocycles. The fraction of sp³-hybridized carbons (Fsp3) is 0.167. The predicted molar refractivity (Wildman–Crippen MR) is 65.3 cm³/mol. The molecule has 0 amide bonds. The molecule has 78 valence electrons. The van der Waals surface area contributed by atoms with Crippen molar-refractivity contribution in [3.63, 3.8) is 0 Å². The van der Waals surface area contributed by atoms with Crippen LogP contribution < -0.4 is 0 Å². The topological polar surface area (TPSA) is 4.93 Å². The van der Waals surface area contributed by atoms with Crippen LogP contribution in [0.25, 0.3) is 5.69 Å². The second kappa shape index (κ2) is 3.92. The molecule has 0 unspecified atom stereocenters. The molecule has 0 saturated heterocycles. The van der Waals surface area contributed by atoms with Crippen molar-refractivity contribution < 1.29 is 0 Å². The molecule has 1 aromatic carbocycles. The van der Waals surface area contributed by atoms with Crippen LogP contribution >= 0.6 is 23.2 Å². The smallest absolute Gasteiger partial charge is 0.0661 e. The van der Waals surface area contributed by atoms with Crippen LogP contribution in [0.5, 0.6) is 0 Å². The molecule has 2 aromatic rings. The van der Waals surface area contributed by atoms with Gasteiger partial charge in [-0.3, -0.25) is 0 Å². The minimum Gasteiger partial charge on any atom is -0.317 e. The van der Waals surface area contributed by atoms with E-state index in [2.05, 4.69) is 30.5 Å². The van der Waals surface area contributed by atoms with E-state index in [0.717, 1.165) is 17.1 Å². The zero-order valence-corrected chi connectivity index (χ0v) is 10.1. The quantitative estimate of drug-likeness (QED) is 0.696. The second-order valence-electron chi connectivity index (χ2n) is 3.55. The average molecular weight is 240 g/mol. The first-order valence-corrected chi connectivity index (χ1v) is 5.45. The number of nitrogens with zero attached hydrogens (tertiary/aromatic N) is 1. The van der Waals surface area contributed by atoms with E-state index in [-0.39, 0.29) is 0 Å². The molecule has 2 rings (SSSR count). The summed E-state index contributed by atoms with van der Waals surface area (Å²) in [7, 11) is 0. The van der Waals surface area contributed by atoms with E-state index in [1.54, 1.807) is 6.07 Å². The Morgan fingerprint density at radius 1 is 0.933 bits per heavy atom. The molecule has 3 heteroatoms. The van der Waals surface area contributed by atoms with E-state index in [0.29, 0.717) is 10.0 Å². The highest BCUT2D eigenvalue weighted by Crippen LogP contribution is 2.26. The van der Waals surface area contributed by atoms with Crippen LogP contribution in [-0.2, 0) is 0 Å². The van der Waals surface area contributed by atoms with Crippen molar-refractivity contribution in [2.24, 2.45) is 0 Å². The van der Waals surface area contributed by atoms with Gasteiger partial charge in [0, 0.05) is 16.4 Å². The standard InChI is InChI=1S/C12H11Cl2N/c1-8-3-4-9(2)15(8)12-6-5-10(13)7-11(12)14/h3-7H,1-2H3. The van der Waals surface area contributed by atoms with E-state index in [4.69, 9.17) is 23.2 Å². The lowest BCUT2D eigenvalue weighted by Gasteiger charge is -2.11. The molecule has 0 aliphatic carbocycles. The summed E-state index contributed by atoms with van der Waals surface area (Å²) in [4.78, 5) is 0. The summed E-state index contributed by atoms with van der Waals surface area (Å²) >= 11 is 12.0. The fourth-order valence-corrected chi connectivity index (χ4v) is 2.20. The molecule has 1 aromatic heterocycles. The maximum atomic E-state index is 6.16. The molecule has 0 bridgehead atoms. The van der Waals surface area contributed by atoms with Crippen molar-refractivity contribution in [3.8, 4) is 5.69 Å². The monoisotopic (exact) mass is 239 g/mol. The Morgan fingerprint density at radius 3 is 2.07 bits per heavy atom. The van der Waals surface area contributed by atoms with Crippen molar-refractivity contribution in [2.45, 2.75) is 13.8 Å². The third kappa shape index (κ3) is 1.90. The van der Waals surface area contributed by atoms with E-state index >= 15 is 0 Å². The molecule has 0 fully saturated rings. The van der Waals surface area contributed by atoms with Gasteiger partial charge in [-0.25, -0.2) is 0 Å². The van der Waals surface area contributed by atoms with Crippen LogP contribution in [-0.4, -0.2) is 4.57 Å². The van der Waals surface area contributed by atoms with E-state index in [1.165, 1.54) is 0 Å². The highest BCUT2D eigenvalue weighted by Gasteiger charge is 2.07. The molecule has 0 spiro atoms.